The number of thiol groups is 1. The molecule has 0 radical (unpaired) electrons. The Morgan fingerprint density at radius 2 is 2.09 bits per heavy atom. The van der Waals surface area contributed by atoms with Crippen LogP contribution in [0.2, 0.25) is 0 Å². The second kappa shape index (κ2) is 4.79. The van der Waals surface area contributed by atoms with Crippen molar-refractivity contribution in [1.82, 2.24) is 5.32 Å². The molecule has 0 saturated heterocycles. The molecular weight excluding hydrogens is 166 g/mol. The highest BCUT2D eigenvalue weighted by Crippen LogP contribution is 1.88. The highest BCUT2D eigenvalue weighted by molar-refractivity contribution is 7.80. The van der Waals surface area contributed by atoms with Crippen LogP contribution < -0.4 is 5.32 Å². The SMILES string of the molecule is C=C(NC(=O)CCS)C(=O)O. The third-order valence-electron chi connectivity index (χ3n) is 0.887. The summed E-state index contributed by atoms with van der Waals surface area (Å²) in [6.07, 6.45) is 0.190. The van der Waals surface area contributed by atoms with E-state index in [2.05, 4.69) is 24.5 Å². The maximum absolute atomic E-state index is 10.7. The molecule has 0 aliphatic carbocycles. The lowest BCUT2D eigenvalue weighted by molar-refractivity contribution is -0.134. The molecule has 0 aliphatic rings. The van der Waals surface area contributed by atoms with Crippen LogP contribution in [0.5, 0.6) is 0 Å². The van der Waals surface area contributed by atoms with Gasteiger partial charge in [0.15, 0.2) is 0 Å². The molecule has 0 spiro atoms. The average molecular weight is 175 g/mol. The van der Waals surface area contributed by atoms with Gasteiger partial charge in [0, 0.05) is 6.42 Å². The highest BCUT2D eigenvalue weighted by Gasteiger charge is 2.06. The molecule has 0 fully saturated rings. The predicted molar refractivity (Wildman–Crippen MR) is 43.4 cm³/mol. The fraction of sp³-hybridized carbons (Fsp3) is 0.333. The monoisotopic (exact) mass is 175 g/mol. The summed E-state index contributed by atoms with van der Waals surface area (Å²) in [6.45, 7) is 3.12. The van der Waals surface area contributed by atoms with Crippen molar-refractivity contribution in [2.45, 2.75) is 6.42 Å². The first-order valence-electron chi connectivity index (χ1n) is 2.91. The normalized spacial score (nSPS) is 8.82. The van der Waals surface area contributed by atoms with Gasteiger partial charge in [-0.3, -0.25) is 4.79 Å². The number of amides is 1. The smallest absolute Gasteiger partial charge is 0.351 e. The summed E-state index contributed by atoms with van der Waals surface area (Å²) in [5, 5.41) is 10.4. The van der Waals surface area contributed by atoms with Gasteiger partial charge in [-0.2, -0.15) is 12.6 Å². The van der Waals surface area contributed by atoms with Gasteiger partial charge in [0.2, 0.25) is 5.91 Å². The van der Waals surface area contributed by atoms with E-state index >= 15 is 0 Å². The van der Waals surface area contributed by atoms with Gasteiger partial charge in [-0.1, -0.05) is 6.58 Å². The molecule has 11 heavy (non-hydrogen) atoms. The summed E-state index contributed by atoms with van der Waals surface area (Å²) in [5.41, 5.74) is -0.309. The number of aliphatic carboxylic acids is 1. The zero-order valence-electron chi connectivity index (χ0n) is 5.83. The van der Waals surface area contributed by atoms with E-state index in [0.717, 1.165) is 0 Å². The Morgan fingerprint density at radius 1 is 1.55 bits per heavy atom. The molecule has 0 saturated carbocycles. The number of hydrogen-bond donors (Lipinski definition) is 3. The lowest BCUT2D eigenvalue weighted by Crippen LogP contribution is -2.26. The number of carbonyl (C=O) groups excluding carboxylic acids is 1. The zero-order chi connectivity index (χ0) is 8.85. The highest BCUT2D eigenvalue weighted by atomic mass is 32.1. The molecule has 62 valence electrons. The molecule has 0 atom stereocenters. The Balaban J connectivity index is 3.76. The standard InChI is InChI=1S/C6H9NO3S/c1-4(6(9)10)7-5(8)2-3-11/h11H,1-3H2,(H,7,8)(H,9,10). The molecular formula is C6H9NO3S. The van der Waals surface area contributed by atoms with Gasteiger partial charge in [-0.15, -0.1) is 0 Å². The number of rotatable bonds is 4. The van der Waals surface area contributed by atoms with Gasteiger partial charge in [-0.25, -0.2) is 4.79 Å². The van der Waals surface area contributed by atoms with Crippen molar-refractivity contribution < 1.29 is 14.7 Å². The Kier molecular flexibility index (Phi) is 4.36. The third-order valence-corrected chi connectivity index (χ3v) is 1.11. The largest absolute Gasteiger partial charge is 0.477 e. The topological polar surface area (TPSA) is 66.4 Å². The van der Waals surface area contributed by atoms with Gasteiger partial charge in [0.25, 0.3) is 0 Å². The summed E-state index contributed by atoms with van der Waals surface area (Å²) in [4.78, 5) is 20.8. The van der Waals surface area contributed by atoms with Gasteiger partial charge in [-0.05, 0) is 5.75 Å². The van der Waals surface area contributed by atoms with E-state index in [1.165, 1.54) is 0 Å². The Labute approximate surface area is 69.7 Å². The van der Waals surface area contributed by atoms with Crippen molar-refractivity contribution in [3.8, 4) is 0 Å². The number of carboxylic acids is 1. The van der Waals surface area contributed by atoms with Crippen LogP contribution in [0.4, 0.5) is 0 Å². The average Bonchev–Trinajstić information content (AvgIpc) is 1.87. The van der Waals surface area contributed by atoms with Crippen LogP contribution in [0, 0.1) is 0 Å². The Hall–Kier alpha value is -0.970. The maximum atomic E-state index is 10.7. The molecule has 0 aromatic rings. The van der Waals surface area contributed by atoms with Gasteiger partial charge >= 0.3 is 5.97 Å². The van der Waals surface area contributed by atoms with Crippen molar-refractivity contribution in [3.05, 3.63) is 12.3 Å². The van der Waals surface area contributed by atoms with Crippen LogP contribution in [0.15, 0.2) is 12.3 Å². The lowest BCUT2D eigenvalue weighted by atomic mass is 10.4. The fourth-order valence-corrected chi connectivity index (χ4v) is 0.589. The van der Waals surface area contributed by atoms with E-state index in [1.807, 2.05) is 0 Å². The summed E-state index contributed by atoms with van der Waals surface area (Å²) < 4.78 is 0. The molecule has 0 unspecified atom stereocenters. The molecule has 0 aromatic carbocycles. The number of nitrogens with one attached hydrogen (secondary N) is 1. The van der Waals surface area contributed by atoms with Gasteiger partial charge in [0.1, 0.15) is 5.70 Å². The third kappa shape index (κ3) is 4.44. The van der Waals surface area contributed by atoms with E-state index in [1.54, 1.807) is 0 Å². The summed E-state index contributed by atoms with van der Waals surface area (Å²) in [7, 11) is 0. The van der Waals surface area contributed by atoms with Crippen LogP contribution in [-0.4, -0.2) is 22.7 Å². The zero-order valence-corrected chi connectivity index (χ0v) is 6.73. The first-order chi connectivity index (χ1) is 5.07. The van der Waals surface area contributed by atoms with E-state index in [0.29, 0.717) is 5.75 Å². The van der Waals surface area contributed by atoms with Crippen molar-refractivity contribution >= 4 is 24.5 Å². The predicted octanol–water partition coefficient (Wildman–Crippen LogP) is 0.0208. The van der Waals surface area contributed by atoms with Crippen molar-refractivity contribution in [3.63, 3.8) is 0 Å². The van der Waals surface area contributed by atoms with Gasteiger partial charge in [0.05, 0.1) is 0 Å². The molecule has 1 amide bonds. The van der Waals surface area contributed by atoms with E-state index < -0.39 is 5.97 Å². The quantitative estimate of drug-likeness (QED) is 0.417. The Morgan fingerprint density at radius 3 is 2.45 bits per heavy atom. The summed E-state index contributed by atoms with van der Waals surface area (Å²) >= 11 is 3.80. The first-order valence-corrected chi connectivity index (χ1v) is 3.54. The van der Waals surface area contributed by atoms with Crippen molar-refractivity contribution in [2.75, 3.05) is 5.75 Å². The maximum Gasteiger partial charge on any atom is 0.351 e. The minimum atomic E-state index is -1.22. The molecule has 0 aliphatic heterocycles. The molecule has 0 aromatic heterocycles. The summed E-state index contributed by atoms with van der Waals surface area (Å²) in [5.74, 6) is -1.22. The Bertz CT molecular complexity index is 190. The fourth-order valence-electron chi connectivity index (χ4n) is 0.386. The van der Waals surface area contributed by atoms with Crippen LogP contribution >= 0.6 is 12.6 Å². The molecule has 0 bridgehead atoms. The van der Waals surface area contributed by atoms with Crippen molar-refractivity contribution in [2.24, 2.45) is 0 Å². The minimum Gasteiger partial charge on any atom is -0.477 e. The second-order valence-electron chi connectivity index (χ2n) is 1.81. The van der Waals surface area contributed by atoms with E-state index in [-0.39, 0.29) is 18.0 Å². The minimum absolute atomic E-state index is 0.190. The summed E-state index contributed by atoms with van der Waals surface area (Å²) in [6, 6.07) is 0. The van der Waals surface area contributed by atoms with Crippen molar-refractivity contribution in [1.29, 1.82) is 0 Å². The number of carbonyl (C=O) groups is 2. The van der Waals surface area contributed by atoms with Gasteiger partial charge < -0.3 is 10.4 Å². The van der Waals surface area contributed by atoms with E-state index in [9.17, 15) is 9.59 Å². The number of hydrogen-bond acceptors (Lipinski definition) is 3. The van der Waals surface area contributed by atoms with E-state index in [4.69, 9.17) is 5.11 Å². The molecule has 0 heterocycles. The number of carboxylic acid groups (broad SMARTS) is 1. The van der Waals surface area contributed by atoms with Crippen LogP contribution in [-0.2, 0) is 9.59 Å². The molecule has 2 N–H and O–H groups in total. The van der Waals surface area contributed by atoms with Crippen LogP contribution in [0.1, 0.15) is 6.42 Å². The lowest BCUT2D eigenvalue weighted by Gasteiger charge is -2.01. The molecule has 4 nitrogen and oxygen atoms in total. The second-order valence-corrected chi connectivity index (χ2v) is 2.25. The first kappa shape index (κ1) is 10.0. The van der Waals surface area contributed by atoms with Crippen LogP contribution in [0.3, 0.4) is 0 Å². The molecule has 5 heteroatoms. The van der Waals surface area contributed by atoms with Crippen LogP contribution in [0.25, 0.3) is 0 Å². The molecule has 0 rings (SSSR count).